The van der Waals surface area contributed by atoms with E-state index in [1.807, 2.05) is 0 Å². The van der Waals surface area contributed by atoms with Gasteiger partial charge in [-0.1, -0.05) is 24.3 Å². The zero-order valence-electron chi connectivity index (χ0n) is 20.5. The van der Waals surface area contributed by atoms with Crippen LogP contribution in [0, 0.1) is 0 Å². The highest BCUT2D eigenvalue weighted by Crippen LogP contribution is 2.31. The fraction of sp³-hybridized carbons (Fsp3) is 0.375. The van der Waals surface area contributed by atoms with Crippen molar-refractivity contribution in [2.24, 2.45) is 7.05 Å². The number of nitrogens with one attached hydrogen (secondary N) is 1. The van der Waals surface area contributed by atoms with Crippen LogP contribution in [0.1, 0.15) is 48.1 Å². The largest absolute Gasteiger partial charge is 0.443 e. The smallest absolute Gasteiger partial charge is 0.434 e. The van der Waals surface area contributed by atoms with E-state index in [1.54, 1.807) is 45.0 Å². The van der Waals surface area contributed by atoms with E-state index in [0.29, 0.717) is 29.9 Å². The third kappa shape index (κ3) is 5.85. The lowest BCUT2D eigenvalue weighted by molar-refractivity contribution is -0.140. The lowest BCUT2D eigenvalue weighted by Gasteiger charge is -2.29. The number of halogens is 4. The topological polar surface area (TPSA) is 102 Å². The second-order valence-electron chi connectivity index (χ2n) is 9.46. The number of hydrogen-bond acceptors (Lipinski definition) is 7. The van der Waals surface area contributed by atoms with Gasteiger partial charge in [-0.15, -0.1) is 0 Å². The number of aromatic nitrogens is 4. The minimum absolute atomic E-state index is 0.0187. The summed E-state index contributed by atoms with van der Waals surface area (Å²) in [4.78, 5) is 38.3. The van der Waals surface area contributed by atoms with Gasteiger partial charge in [0.1, 0.15) is 22.9 Å². The van der Waals surface area contributed by atoms with Crippen molar-refractivity contribution in [1.29, 1.82) is 0 Å². The number of amides is 2. The van der Waals surface area contributed by atoms with Crippen LogP contribution >= 0.6 is 11.6 Å². The molecule has 13 heteroatoms. The maximum atomic E-state index is 13.0. The summed E-state index contributed by atoms with van der Waals surface area (Å²) >= 11 is 6.06. The molecule has 0 saturated carbocycles. The van der Waals surface area contributed by atoms with Gasteiger partial charge in [-0.2, -0.15) is 13.2 Å². The van der Waals surface area contributed by atoms with Crippen LogP contribution in [0.2, 0.25) is 5.28 Å². The van der Waals surface area contributed by atoms with Crippen molar-refractivity contribution >= 4 is 29.4 Å². The molecule has 0 bridgehead atoms. The average molecular weight is 537 g/mol. The van der Waals surface area contributed by atoms with Crippen molar-refractivity contribution in [2.75, 3.05) is 11.9 Å². The van der Waals surface area contributed by atoms with Gasteiger partial charge < -0.3 is 14.6 Å². The minimum Gasteiger partial charge on any atom is -0.443 e. The van der Waals surface area contributed by atoms with Crippen LogP contribution in [0.5, 0.6) is 0 Å². The molecular weight excluding hydrogens is 513 g/mol. The number of alkyl halides is 3. The zero-order chi connectivity index (χ0) is 27.1. The summed E-state index contributed by atoms with van der Waals surface area (Å²) in [6.07, 6.45) is -4.04. The van der Waals surface area contributed by atoms with Gasteiger partial charge in [0.05, 0.1) is 0 Å². The van der Waals surface area contributed by atoms with Crippen molar-refractivity contribution < 1.29 is 27.5 Å². The number of fused-ring (bicyclic) bond motifs is 1. The Bertz CT molecular complexity index is 1350. The number of rotatable bonds is 4. The SMILES string of the molecule is Cn1cc(C(F)(F)F)nc1-c1ccc(CNc2nc(Cl)nc3c2CCN(C(=O)OC(C)(C)C)C3=O)cc1. The first-order chi connectivity index (χ1) is 17.2. The van der Waals surface area contributed by atoms with Gasteiger partial charge in [-0.05, 0) is 44.4 Å². The van der Waals surface area contributed by atoms with E-state index in [0.717, 1.165) is 16.7 Å². The molecule has 1 aromatic carbocycles. The number of nitrogens with zero attached hydrogens (tertiary/aromatic N) is 5. The highest BCUT2D eigenvalue weighted by atomic mass is 35.5. The van der Waals surface area contributed by atoms with E-state index in [-0.39, 0.29) is 23.3 Å². The lowest BCUT2D eigenvalue weighted by atomic mass is 10.0. The fourth-order valence-corrected chi connectivity index (χ4v) is 3.96. The summed E-state index contributed by atoms with van der Waals surface area (Å²) < 4.78 is 45.5. The molecule has 0 unspecified atom stereocenters. The van der Waals surface area contributed by atoms with E-state index in [4.69, 9.17) is 16.3 Å². The van der Waals surface area contributed by atoms with Gasteiger partial charge in [0, 0.05) is 37.5 Å². The summed E-state index contributed by atoms with van der Waals surface area (Å²) in [5.74, 6) is -0.0766. The molecule has 4 rings (SSSR count). The second kappa shape index (κ2) is 9.66. The number of hydrogen-bond donors (Lipinski definition) is 1. The molecule has 0 aliphatic carbocycles. The molecule has 0 spiro atoms. The van der Waals surface area contributed by atoms with E-state index in [2.05, 4.69) is 20.3 Å². The maximum absolute atomic E-state index is 13.0. The van der Waals surface area contributed by atoms with Gasteiger partial charge in [0.15, 0.2) is 5.69 Å². The highest BCUT2D eigenvalue weighted by molar-refractivity contribution is 6.28. The third-order valence-electron chi connectivity index (χ3n) is 5.47. The molecule has 2 amide bonds. The molecule has 0 saturated heterocycles. The minimum atomic E-state index is -4.52. The van der Waals surface area contributed by atoms with Crippen molar-refractivity contribution in [2.45, 2.75) is 45.5 Å². The first-order valence-electron chi connectivity index (χ1n) is 11.3. The standard InChI is InChI=1S/C24H24ClF3N6O3/c1-23(2,3)37-22(36)34-10-9-15-17(20(34)35)31-21(25)32-18(15)29-11-13-5-7-14(8-6-13)19-30-16(12-33(19)4)24(26,27)28/h5-8,12H,9-11H2,1-4H3,(H,29,31,32). The number of imidazole rings is 1. The molecule has 1 aliphatic heterocycles. The molecule has 3 aromatic rings. The van der Waals surface area contributed by atoms with Crippen LogP contribution in [-0.2, 0) is 30.9 Å². The predicted octanol–water partition coefficient (Wildman–Crippen LogP) is 5.09. The first-order valence-corrected chi connectivity index (χ1v) is 11.7. The van der Waals surface area contributed by atoms with Crippen LogP contribution in [0.3, 0.4) is 0 Å². The molecule has 37 heavy (non-hydrogen) atoms. The molecule has 196 valence electrons. The normalized spacial score (nSPS) is 13.9. The number of carbonyl (C=O) groups excluding carboxylic acids is 2. The molecular formula is C24H24ClF3N6O3. The summed E-state index contributed by atoms with van der Waals surface area (Å²) in [6.45, 7) is 5.50. The van der Waals surface area contributed by atoms with Gasteiger partial charge in [0.25, 0.3) is 5.91 Å². The van der Waals surface area contributed by atoms with Crippen LogP contribution < -0.4 is 5.32 Å². The van der Waals surface area contributed by atoms with Crippen molar-refractivity contribution in [3.63, 3.8) is 0 Å². The Morgan fingerprint density at radius 2 is 1.81 bits per heavy atom. The Hall–Kier alpha value is -3.67. The zero-order valence-corrected chi connectivity index (χ0v) is 21.2. The monoisotopic (exact) mass is 536 g/mol. The van der Waals surface area contributed by atoms with Gasteiger partial charge in [0.2, 0.25) is 5.28 Å². The van der Waals surface area contributed by atoms with Crippen LogP contribution in [0.15, 0.2) is 30.5 Å². The third-order valence-corrected chi connectivity index (χ3v) is 5.63. The molecule has 2 aromatic heterocycles. The second-order valence-corrected chi connectivity index (χ2v) is 9.80. The number of anilines is 1. The highest BCUT2D eigenvalue weighted by Gasteiger charge is 2.36. The number of benzene rings is 1. The van der Waals surface area contributed by atoms with Crippen LogP contribution in [0.4, 0.5) is 23.8 Å². The summed E-state index contributed by atoms with van der Waals surface area (Å²) in [5, 5.41) is 2.97. The number of aryl methyl sites for hydroxylation is 1. The number of carbonyl (C=O) groups is 2. The molecule has 3 heterocycles. The van der Waals surface area contributed by atoms with Crippen molar-refractivity contribution in [1.82, 2.24) is 24.4 Å². The summed E-state index contributed by atoms with van der Waals surface area (Å²) in [7, 11) is 1.50. The van der Waals surface area contributed by atoms with Crippen molar-refractivity contribution in [3.8, 4) is 11.4 Å². The quantitative estimate of drug-likeness (QED) is 0.463. The Kier molecular flexibility index (Phi) is 6.89. The molecule has 1 aliphatic rings. The molecule has 0 fully saturated rings. The van der Waals surface area contributed by atoms with E-state index >= 15 is 0 Å². The molecule has 0 atom stereocenters. The summed E-state index contributed by atoms with van der Waals surface area (Å²) in [6, 6.07) is 6.83. The fourth-order valence-electron chi connectivity index (χ4n) is 3.79. The van der Waals surface area contributed by atoms with Gasteiger partial charge >= 0.3 is 12.3 Å². The Balaban J connectivity index is 1.50. The number of imide groups is 1. The van der Waals surface area contributed by atoms with Crippen molar-refractivity contribution in [3.05, 3.63) is 58.3 Å². The first kappa shape index (κ1) is 26.4. The van der Waals surface area contributed by atoms with E-state index in [9.17, 15) is 22.8 Å². The van der Waals surface area contributed by atoms with E-state index in [1.165, 1.54) is 11.6 Å². The lowest BCUT2D eigenvalue weighted by Crippen LogP contribution is -2.45. The molecule has 1 N–H and O–H groups in total. The van der Waals surface area contributed by atoms with Crippen LogP contribution in [-0.4, -0.2) is 48.6 Å². The molecule has 9 nitrogen and oxygen atoms in total. The average Bonchev–Trinajstić information content (AvgIpc) is 3.19. The van der Waals surface area contributed by atoms with E-state index < -0.39 is 29.5 Å². The summed E-state index contributed by atoms with van der Waals surface area (Å²) in [5.41, 5.74) is 0.150. The number of ether oxygens (including phenoxy) is 1. The molecule has 0 radical (unpaired) electrons. The van der Waals surface area contributed by atoms with Crippen LogP contribution in [0.25, 0.3) is 11.4 Å². The van der Waals surface area contributed by atoms with Gasteiger partial charge in [-0.25, -0.2) is 24.6 Å². The van der Waals surface area contributed by atoms with Gasteiger partial charge in [-0.3, -0.25) is 4.79 Å². The Morgan fingerprint density at radius 1 is 1.14 bits per heavy atom. The maximum Gasteiger partial charge on any atom is 0.434 e. The Morgan fingerprint density at radius 3 is 2.41 bits per heavy atom. The predicted molar refractivity (Wildman–Crippen MR) is 129 cm³/mol. The Labute approximate surface area is 215 Å².